The van der Waals surface area contributed by atoms with Crippen LogP contribution in [0.1, 0.15) is 36.4 Å². The average Bonchev–Trinajstić information content (AvgIpc) is 3.29. The Kier molecular flexibility index (Phi) is 5.22. The van der Waals surface area contributed by atoms with E-state index < -0.39 is 5.92 Å². The normalized spacial score (nSPS) is 20.3. The third-order valence-electron chi connectivity index (χ3n) is 5.17. The van der Waals surface area contributed by atoms with E-state index in [1.165, 1.54) is 17.8 Å². The van der Waals surface area contributed by atoms with Gasteiger partial charge in [-0.15, -0.1) is 11.3 Å². The Hall–Kier alpha value is -2.26. The van der Waals surface area contributed by atoms with Gasteiger partial charge in [-0.1, -0.05) is 6.42 Å². The Balaban J connectivity index is 1.50. The van der Waals surface area contributed by atoms with E-state index >= 15 is 0 Å². The van der Waals surface area contributed by atoms with Crippen LogP contribution < -0.4 is 5.32 Å². The maximum absolute atomic E-state index is 12.9. The number of carbonyl (C=O) groups is 2. The van der Waals surface area contributed by atoms with E-state index in [4.69, 9.17) is 0 Å². The van der Waals surface area contributed by atoms with Gasteiger partial charge >= 0.3 is 0 Å². The summed E-state index contributed by atoms with van der Waals surface area (Å²) in [6.45, 7) is 3.25. The van der Waals surface area contributed by atoms with Crippen LogP contribution in [0.3, 0.4) is 0 Å². The van der Waals surface area contributed by atoms with E-state index in [-0.39, 0.29) is 11.8 Å². The number of amides is 2. The molecule has 0 spiro atoms. The van der Waals surface area contributed by atoms with Gasteiger partial charge in [0, 0.05) is 43.5 Å². The second-order valence-electron chi connectivity index (χ2n) is 7.20. The number of likely N-dealkylation sites (tertiary alicyclic amines) is 1. The molecule has 1 saturated heterocycles. The van der Waals surface area contributed by atoms with E-state index in [9.17, 15) is 9.59 Å². The quantitative estimate of drug-likeness (QED) is 0.857. The highest BCUT2D eigenvalue weighted by atomic mass is 32.1. The van der Waals surface area contributed by atoms with Crippen LogP contribution in [0.25, 0.3) is 0 Å². The molecule has 2 aliphatic rings. The lowest BCUT2D eigenvalue weighted by molar-refractivity contribution is -0.134. The molecule has 4 heterocycles. The SMILES string of the molecule is Cn1cc2c(n1)[C@@H](C(=O)Nc1nccs1)CN(C(=O)CN1CCCCC1)C2. The fraction of sp³-hybridized carbons (Fsp3) is 0.556. The van der Waals surface area contributed by atoms with Gasteiger partial charge in [0.2, 0.25) is 11.8 Å². The van der Waals surface area contributed by atoms with E-state index in [0.29, 0.717) is 24.8 Å². The number of rotatable bonds is 4. The lowest BCUT2D eigenvalue weighted by Gasteiger charge is -2.33. The third kappa shape index (κ3) is 4.03. The molecule has 0 unspecified atom stereocenters. The van der Waals surface area contributed by atoms with E-state index in [0.717, 1.165) is 37.2 Å². The van der Waals surface area contributed by atoms with Crippen molar-refractivity contribution in [1.29, 1.82) is 0 Å². The number of fused-ring (bicyclic) bond motifs is 1. The van der Waals surface area contributed by atoms with Gasteiger partial charge in [-0.2, -0.15) is 5.10 Å². The van der Waals surface area contributed by atoms with Gasteiger partial charge in [-0.05, 0) is 25.9 Å². The van der Waals surface area contributed by atoms with Crippen molar-refractivity contribution in [3.05, 3.63) is 29.0 Å². The van der Waals surface area contributed by atoms with Gasteiger partial charge in [0.25, 0.3) is 0 Å². The van der Waals surface area contributed by atoms with E-state index in [2.05, 4.69) is 20.3 Å². The number of hydrogen-bond acceptors (Lipinski definition) is 6. The molecule has 4 rings (SSSR count). The number of anilines is 1. The number of hydrogen-bond donors (Lipinski definition) is 1. The Labute approximate surface area is 162 Å². The summed E-state index contributed by atoms with van der Waals surface area (Å²) >= 11 is 1.38. The number of nitrogens with one attached hydrogen (secondary N) is 1. The first kappa shape index (κ1) is 18.1. The predicted molar refractivity (Wildman–Crippen MR) is 102 cm³/mol. The molecule has 2 amide bonds. The molecule has 2 aromatic heterocycles. The van der Waals surface area contributed by atoms with Crippen LogP contribution in [0.15, 0.2) is 17.8 Å². The molecule has 1 fully saturated rings. The Bertz CT molecular complexity index is 812. The van der Waals surface area contributed by atoms with Crippen molar-refractivity contribution in [1.82, 2.24) is 24.6 Å². The van der Waals surface area contributed by atoms with Gasteiger partial charge in [-0.25, -0.2) is 4.98 Å². The molecule has 2 aliphatic heterocycles. The number of thiazole rings is 1. The van der Waals surface area contributed by atoms with Crippen LogP contribution in [0.5, 0.6) is 0 Å². The molecule has 0 aliphatic carbocycles. The zero-order chi connectivity index (χ0) is 18.8. The monoisotopic (exact) mass is 388 g/mol. The molecule has 1 atom stereocenters. The molecule has 9 heteroatoms. The predicted octanol–water partition coefficient (Wildman–Crippen LogP) is 1.43. The number of piperidine rings is 1. The molecule has 144 valence electrons. The van der Waals surface area contributed by atoms with Crippen molar-refractivity contribution in [3.63, 3.8) is 0 Å². The minimum Gasteiger partial charge on any atom is -0.336 e. The van der Waals surface area contributed by atoms with Gasteiger partial charge in [0.1, 0.15) is 5.92 Å². The van der Waals surface area contributed by atoms with Crippen LogP contribution in [-0.2, 0) is 23.2 Å². The van der Waals surface area contributed by atoms with Gasteiger partial charge < -0.3 is 10.2 Å². The number of aromatic nitrogens is 3. The fourth-order valence-corrected chi connectivity index (χ4v) is 4.36. The van der Waals surface area contributed by atoms with Gasteiger partial charge in [0.15, 0.2) is 5.13 Å². The zero-order valence-electron chi connectivity index (χ0n) is 15.4. The fourth-order valence-electron chi connectivity index (χ4n) is 3.83. The first-order valence-electron chi connectivity index (χ1n) is 9.33. The third-order valence-corrected chi connectivity index (χ3v) is 5.86. The van der Waals surface area contributed by atoms with Crippen LogP contribution >= 0.6 is 11.3 Å². The number of aryl methyl sites for hydroxylation is 1. The minimum absolute atomic E-state index is 0.0819. The second kappa shape index (κ2) is 7.77. The summed E-state index contributed by atoms with van der Waals surface area (Å²) in [4.78, 5) is 33.9. The molecule has 2 aromatic rings. The second-order valence-corrected chi connectivity index (χ2v) is 8.10. The Morgan fingerprint density at radius 1 is 1.30 bits per heavy atom. The molecule has 0 bridgehead atoms. The topological polar surface area (TPSA) is 83.4 Å². The summed E-state index contributed by atoms with van der Waals surface area (Å²) in [6.07, 6.45) is 7.10. The van der Waals surface area contributed by atoms with Crippen LogP contribution in [-0.4, -0.2) is 62.6 Å². The highest BCUT2D eigenvalue weighted by Gasteiger charge is 2.35. The van der Waals surface area contributed by atoms with Crippen molar-refractivity contribution in [2.24, 2.45) is 7.05 Å². The van der Waals surface area contributed by atoms with Gasteiger partial charge in [-0.3, -0.25) is 19.2 Å². The smallest absolute Gasteiger partial charge is 0.237 e. The molecular formula is C18H24N6O2S. The standard InChI is InChI=1S/C18H24N6O2S/c1-22-9-13-10-24(15(25)12-23-6-3-2-4-7-23)11-14(16(13)21-22)17(26)20-18-19-5-8-27-18/h5,8-9,14H,2-4,6-7,10-12H2,1H3,(H,19,20,26)/t14-/m0/s1. The first-order valence-corrected chi connectivity index (χ1v) is 10.2. The highest BCUT2D eigenvalue weighted by Crippen LogP contribution is 2.29. The van der Waals surface area contributed by atoms with E-state index in [1.54, 1.807) is 15.8 Å². The average molecular weight is 388 g/mol. The number of carbonyl (C=O) groups excluding carboxylic acids is 2. The van der Waals surface area contributed by atoms with Crippen LogP contribution in [0.4, 0.5) is 5.13 Å². The van der Waals surface area contributed by atoms with Crippen molar-refractivity contribution >= 4 is 28.3 Å². The minimum atomic E-state index is -0.482. The largest absolute Gasteiger partial charge is 0.336 e. The molecule has 1 N–H and O–H groups in total. The summed E-state index contributed by atoms with van der Waals surface area (Å²) in [6, 6.07) is 0. The molecule has 0 aromatic carbocycles. The van der Waals surface area contributed by atoms with Gasteiger partial charge in [0.05, 0.1) is 12.2 Å². The Morgan fingerprint density at radius 3 is 2.85 bits per heavy atom. The van der Waals surface area contributed by atoms with Crippen molar-refractivity contribution in [2.45, 2.75) is 31.7 Å². The highest BCUT2D eigenvalue weighted by molar-refractivity contribution is 7.13. The van der Waals surface area contributed by atoms with E-state index in [1.807, 2.05) is 18.6 Å². The summed E-state index contributed by atoms with van der Waals surface area (Å²) in [7, 11) is 1.84. The van der Waals surface area contributed by atoms with Crippen molar-refractivity contribution in [3.8, 4) is 0 Å². The zero-order valence-corrected chi connectivity index (χ0v) is 16.2. The van der Waals surface area contributed by atoms with Crippen LogP contribution in [0, 0.1) is 0 Å². The molecular weight excluding hydrogens is 364 g/mol. The lowest BCUT2D eigenvalue weighted by Crippen LogP contribution is -2.46. The first-order chi connectivity index (χ1) is 13.1. The number of nitrogens with zero attached hydrogens (tertiary/aromatic N) is 5. The summed E-state index contributed by atoms with van der Waals surface area (Å²) in [5.74, 6) is -0.567. The maximum Gasteiger partial charge on any atom is 0.237 e. The molecule has 0 radical (unpaired) electrons. The Morgan fingerprint density at radius 2 is 2.11 bits per heavy atom. The molecule has 0 saturated carbocycles. The lowest BCUT2D eigenvalue weighted by atomic mass is 9.95. The van der Waals surface area contributed by atoms with Crippen molar-refractivity contribution < 1.29 is 9.59 Å². The maximum atomic E-state index is 12.9. The van der Waals surface area contributed by atoms with Crippen molar-refractivity contribution in [2.75, 3.05) is 31.5 Å². The molecule has 8 nitrogen and oxygen atoms in total. The summed E-state index contributed by atoms with van der Waals surface area (Å²) in [5.41, 5.74) is 1.70. The summed E-state index contributed by atoms with van der Waals surface area (Å²) in [5, 5.41) is 9.72. The summed E-state index contributed by atoms with van der Waals surface area (Å²) < 4.78 is 1.72. The van der Waals surface area contributed by atoms with Crippen LogP contribution in [0.2, 0.25) is 0 Å². The molecule has 27 heavy (non-hydrogen) atoms.